The molecule has 0 saturated heterocycles. The number of nitrogens with zero attached hydrogens (tertiary/aromatic N) is 2. The van der Waals surface area contributed by atoms with Crippen LogP contribution in [0, 0.1) is 6.92 Å². The molecule has 0 bridgehead atoms. The van der Waals surface area contributed by atoms with E-state index in [1.807, 2.05) is 6.92 Å². The summed E-state index contributed by atoms with van der Waals surface area (Å²) in [6.07, 6.45) is 1.45. The van der Waals surface area contributed by atoms with Crippen molar-refractivity contribution in [3.8, 4) is 0 Å². The smallest absolute Gasteiger partial charge is 0.304 e. The Kier molecular flexibility index (Phi) is 5.41. The number of carbonyl (C=O) groups is 1. The first-order valence-corrected chi connectivity index (χ1v) is 7.85. The Morgan fingerprint density at radius 3 is 2.74 bits per heavy atom. The van der Waals surface area contributed by atoms with Crippen molar-refractivity contribution in [2.75, 3.05) is 13.6 Å². The number of nitrogens with one attached hydrogen (secondary N) is 1. The number of aromatic nitrogens is 1. The molecule has 0 aliphatic rings. The van der Waals surface area contributed by atoms with Crippen LogP contribution in [0.3, 0.4) is 0 Å². The van der Waals surface area contributed by atoms with Gasteiger partial charge in [0.1, 0.15) is 5.01 Å². The van der Waals surface area contributed by atoms with Crippen molar-refractivity contribution in [3.63, 3.8) is 0 Å². The number of aryl methyl sites for hydroxylation is 1. The molecule has 1 heterocycles. The molecule has 0 radical (unpaired) electrons. The zero-order chi connectivity index (χ0) is 14.6. The predicted octanol–water partition coefficient (Wildman–Crippen LogP) is 0.753. The minimum Gasteiger partial charge on any atom is -0.481 e. The molecule has 0 aliphatic carbocycles. The number of hydrogen-bond donors (Lipinski definition) is 2. The third kappa shape index (κ3) is 4.86. The van der Waals surface area contributed by atoms with E-state index >= 15 is 0 Å². The molecule has 1 unspecified atom stereocenters. The summed E-state index contributed by atoms with van der Waals surface area (Å²) in [4.78, 5) is 15.5. The molecule has 0 saturated carbocycles. The van der Waals surface area contributed by atoms with Crippen LogP contribution in [0.1, 0.15) is 29.3 Å². The molecule has 0 spiro atoms. The largest absolute Gasteiger partial charge is 0.481 e. The van der Waals surface area contributed by atoms with Gasteiger partial charge < -0.3 is 5.11 Å². The monoisotopic (exact) mass is 307 g/mol. The van der Waals surface area contributed by atoms with E-state index in [1.54, 1.807) is 13.1 Å². The molecular formula is C10H17N3O4S2. The highest BCUT2D eigenvalue weighted by molar-refractivity contribution is 7.87. The van der Waals surface area contributed by atoms with E-state index in [2.05, 4.69) is 9.71 Å². The fourth-order valence-electron chi connectivity index (χ4n) is 1.31. The van der Waals surface area contributed by atoms with Gasteiger partial charge in [0, 0.05) is 24.7 Å². The molecule has 1 aromatic rings. The maximum absolute atomic E-state index is 11.9. The standard InChI is InChI=1S/C10H17N3O4S2/c1-7-6-11-10(18-7)8(2)12-19(16,17)13(3)5-4-9(14)15/h6,8,12H,4-5H2,1-3H3,(H,14,15). The van der Waals surface area contributed by atoms with E-state index in [4.69, 9.17) is 5.11 Å². The Morgan fingerprint density at radius 1 is 1.63 bits per heavy atom. The van der Waals surface area contributed by atoms with Gasteiger partial charge in [-0.05, 0) is 13.8 Å². The highest BCUT2D eigenvalue weighted by Gasteiger charge is 2.22. The first kappa shape index (κ1) is 16.0. The summed E-state index contributed by atoms with van der Waals surface area (Å²) in [5.74, 6) is -1.04. The second kappa shape index (κ2) is 6.42. The van der Waals surface area contributed by atoms with E-state index in [1.165, 1.54) is 18.4 Å². The second-order valence-corrected chi connectivity index (χ2v) is 7.19. The summed E-state index contributed by atoms with van der Waals surface area (Å²) < 4.78 is 27.3. The molecule has 7 nitrogen and oxygen atoms in total. The summed E-state index contributed by atoms with van der Waals surface area (Å²) in [7, 11) is -2.37. The number of hydrogen-bond acceptors (Lipinski definition) is 5. The highest BCUT2D eigenvalue weighted by Crippen LogP contribution is 2.19. The molecule has 9 heteroatoms. The van der Waals surface area contributed by atoms with Gasteiger partial charge in [-0.3, -0.25) is 4.79 Å². The van der Waals surface area contributed by atoms with Crippen LogP contribution < -0.4 is 4.72 Å². The minimum absolute atomic E-state index is 0.0751. The summed E-state index contributed by atoms with van der Waals surface area (Å²) in [6.45, 7) is 3.51. The van der Waals surface area contributed by atoms with Gasteiger partial charge in [0.25, 0.3) is 10.2 Å². The normalized spacial score (nSPS) is 13.7. The van der Waals surface area contributed by atoms with E-state index < -0.39 is 22.2 Å². The molecular weight excluding hydrogens is 290 g/mol. The van der Waals surface area contributed by atoms with E-state index in [0.717, 1.165) is 9.18 Å². The van der Waals surface area contributed by atoms with E-state index in [9.17, 15) is 13.2 Å². The van der Waals surface area contributed by atoms with Crippen molar-refractivity contribution in [3.05, 3.63) is 16.1 Å². The van der Waals surface area contributed by atoms with Gasteiger partial charge in [-0.1, -0.05) is 0 Å². The summed E-state index contributed by atoms with van der Waals surface area (Å²) in [5, 5.41) is 9.21. The molecule has 1 aromatic heterocycles. The molecule has 0 aromatic carbocycles. The quantitative estimate of drug-likeness (QED) is 0.774. The molecule has 19 heavy (non-hydrogen) atoms. The third-order valence-corrected chi connectivity index (χ3v) is 5.14. The van der Waals surface area contributed by atoms with Gasteiger partial charge in [0.15, 0.2) is 0 Å². The maximum Gasteiger partial charge on any atom is 0.304 e. The van der Waals surface area contributed by atoms with Gasteiger partial charge in [-0.2, -0.15) is 17.4 Å². The Balaban J connectivity index is 2.65. The maximum atomic E-state index is 11.9. The van der Waals surface area contributed by atoms with Crippen LogP contribution >= 0.6 is 11.3 Å². The molecule has 0 fully saturated rings. The van der Waals surface area contributed by atoms with Crippen molar-refractivity contribution in [2.45, 2.75) is 26.3 Å². The van der Waals surface area contributed by atoms with Crippen molar-refractivity contribution in [1.82, 2.24) is 14.0 Å². The highest BCUT2D eigenvalue weighted by atomic mass is 32.2. The first-order chi connectivity index (χ1) is 8.72. The van der Waals surface area contributed by atoms with Gasteiger partial charge in [0.05, 0.1) is 12.5 Å². The summed E-state index contributed by atoms with van der Waals surface area (Å²) >= 11 is 1.42. The van der Waals surface area contributed by atoms with E-state index in [0.29, 0.717) is 5.01 Å². The van der Waals surface area contributed by atoms with Crippen molar-refractivity contribution < 1.29 is 18.3 Å². The van der Waals surface area contributed by atoms with Crippen LogP contribution in [0.25, 0.3) is 0 Å². The topological polar surface area (TPSA) is 99.6 Å². The lowest BCUT2D eigenvalue weighted by atomic mass is 10.4. The molecule has 108 valence electrons. The molecule has 0 amide bonds. The Bertz CT molecular complexity index is 541. The molecule has 1 atom stereocenters. The predicted molar refractivity (Wildman–Crippen MR) is 72.2 cm³/mol. The van der Waals surface area contributed by atoms with Gasteiger partial charge in [-0.15, -0.1) is 11.3 Å². The number of thiazole rings is 1. The Morgan fingerprint density at radius 2 is 2.26 bits per heavy atom. The van der Waals surface area contributed by atoms with Gasteiger partial charge in [0.2, 0.25) is 0 Å². The average Bonchev–Trinajstić information content (AvgIpc) is 2.72. The zero-order valence-corrected chi connectivity index (χ0v) is 12.6. The summed E-state index contributed by atoms with van der Waals surface area (Å²) in [5.41, 5.74) is 0. The van der Waals surface area contributed by atoms with Crippen LogP contribution in [0.4, 0.5) is 0 Å². The van der Waals surface area contributed by atoms with Crippen molar-refractivity contribution >= 4 is 27.5 Å². The lowest BCUT2D eigenvalue weighted by Gasteiger charge is -2.19. The fraction of sp³-hybridized carbons (Fsp3) is 0.600. The van der Waals surface area contributed by atoms with Gasteiger partial charge in [-0.25, -0.2) is 4.98 Å². The average molecular weight is 307 g/mol. The SMILES string of the molecule is Cc1cnc(C(C)NS(=O)(=O)N(C)CCC(=O)O)s1. The van der Waals surface area contributed by atoms with Crippen LogP contribution in [0.15, 0.2) is 6.20 Å². The van der Waals surface area contributed by atoms with Crippen LogP contribution in [-0.2, 0) is 15.0 Å². The fourth-order valence-corrected chi connectivity index (χ4v) is 3.23. The number of aliphatic carboxylic acids is 1. The summed E-state index contributed by atoms with van der Waals surface area (Å²) in [6, 6.07) is -0.448. The van der Waals surface area contributed by atoms with Crippen molar-refractivity contribution in [2.24, 2.45) is 0 Å². The number of carboxylic acids is 1. The van der Waals surface area contributed by atoms with Crippen LogP contribution in [0.2, 0.25) is 0 Å². The van der Waals surface area contributed by atoms with Gasteiger partial charge >= 0.3 is 5.97 Å². The lowest BCUT2D eigenvalue weighted by Crippen LogP contribution is -2.40. The number of carboxylic acid groups (broad SMARTS) is 1. The number of rotatable bonds is 7. The van der Waals surface area contributed by atoms with E-state index in [-0.39, 0.29) is 13.0 Å². The van der Waals surface area contributed by atoms with Crippen LogP contribution in [-0.4, -0.2) is 42.4 Å². The third-order valence-electron chi connectivity index (χ3n) is 2.39. The lowest BCUT2D eigenvalue weighted by molar-refractivity contribution is -0.137. The second-order valence-electron chi connectivity index (χ2n) is 4.12. The van der Waals surface area contributed by atoms with Crippen LogP contribution in [0.5, 0.6) is 0 Å². The minimum atomic E-state index is -3.71. The molecule has 1 rings (SSSR count). The Hall–Kier alpha value is -1.03. The Labute approximate surface area is 116 Å². The first-order valence-electron chi connectivity index (χ1n) is 5.60. The molecule has 0 aliphatic heterocycles. The zero-order valence-electron chi connectivity index (χ0n) is 11.0. The molecule has 2 N–H and O–H groups in total. The van der Waals surface area contributed by atoms with Crippen molar-refractivity contribution in [1.29, 1.82) is 0 Å².